The lowest BCUT2D eigenvalue weighted by Crippen LogP contribution is -2.35. The van der Waals surface area contributed by atoms with Gasteiger partial charge in [-0.2, -0.15) is 0 Å². The lowest BCUT2D eigenvalue weighted by molar-refractivity contribution is -0.656. The Hall–Kier alpha value is -4.52. The molecule has 5 aromatic rings. The van der Waals surface area contributed by atoms with E-state index in [2.05, 4.69) is 115 Å². The van der Waals surface area contributed by atoms with Gasteiger partial charge < -0.3 is 17.3 Å². The fourth-order valence-corrected chi connectivity index (χ4v) is 4.01. The Balaban J connectivity index is 0.000000617. The molecule has 1 aromatic heterocycles. The highest BCUT2D eigenvalue weighted by Crippen LogP contribution is 2.29. The molecule has 7 heteroatoms. The van der Waals surface area contributed by atoms with Crippen molar-refractivity contribution in [3.05, 3.63) is 139 Å². The van der Waals surface area contributed by atoms with Gasteiger partial charge in [0.2, 0.25) is 11.4 Å². The highest BCUT2D eigenvalue weighted by atomic mass is 19.5. The van der Waals surface area contributed by atoms with Crippen LogP contribution >= 0.6 is 0 Å². The average molecular weight is 512 g/mol. The fraction of sp³-hybridized carbons (Fsp3) is 0.0323. The number of hydrogen-bond acceptors (Lipinski definition) is 1. The van der Waals surface area contributed by atoms with Gasteiger partial charge in [0.05, 0.1) is 0 Å². The molecule has 1 heterocycles. The van der Waals surface area contributed by atoms with Crippen molar-refractivity contribution in [2.75, 3.05) is 0 Å². The summed E-state index contributed by atoms with van der Waals surface area (Å²) < 4.78 is 41.1. The van der Waals surface area contributed by atoms with Gasteiger partial charge in [0.1, 0.15) is 5.71 Å². The van der Waals surface area contributed by atoms with Crippen LogP contribution in [0.3, 0.4) is 0 Å². The molecule has 0 unspecified atom stereocenters. The maximum absolute atomic E-state index is 9.75. The standard InChI is InChI=1S/C31H25N2.BF4/c1-24(25-14-6-2-7-15-25)32-33-30(27-18-10-4-11-19-27)22-29(26-16-8-3-9-17-26)23-31(33)28-20-12-5-13-21-28;2-1(3,4)5/h2-23H,1H3;/q+1;-1/b32-24+;. The third kappa shape index (κ3) is 7.26. The predicted molar refractivity (Wildman–Crippen MR) is 147 cm³/mol. The van der Waals surface area contributed by atoms with Gasteiger partial charge in [0, 0.05) is 33.9 Å². The summed E-state index contributed by atoms with van der Waals surface area (Å²) in [5.74, 6) is 0. The summed E-state index contributed by atoms with van der Waals surface area (Å²) in [7, 11) is -6.00. The van der Waals surface area contributed by atoms with Crippen LogP contribution in [0, 0.1) is 0 Å². The van der Waals surface area contributed by atoms with Crippen LogP contribution in [-0.2, 0) is 0 Å². The van der Waals surface area contributed by atoms with Crippen molar-refractivity contribution in [3.8, 4) is 33.6 Å². The second-order valence-electron chi connectivity index (χ2n) is 8.47. The predicted octanol–water partition coefficient (Wildman–Crippen LogP) is 8.55. The molecule has 0 fully saturated rings. The number of nitrogens with zero attached hydrogens (tertiary/aromatic N) is 2. The zero-order valence-corrected chi connectivity index (χ0v) is 20.7. The third-order valence-corrected chi connectivity index (χ3v) is 5.73. The number of hydrogen-bond donors (Lipinski definition) is 0. The molecule has 5 rings (SSSR count). The largest absolute Gasteiger partial charge is 0.673 e. The van der Waals surface area contributed by atoms with Crippen LogP contribution in [0.2, 0.25) is 0 Å². The Kier molecular flexibility index (Phi) is 8.49. The van der Waals surface area contributed by atoms with E-state index in [4.69, 9.17) is 5.10 Å². The van der Waals surface area contributed by atoms with Crippen LogP contribution in [0.25, 0.3) is 33.6 Å². The molecular weight excluding hydrogens is 487 g/mol. The highest BCUT2D eigenvalue weighted by molar-refractivity contribution is 6.50. The summed E-state index contributed by atoms with van der Waals surface area (Å²) in [6.07, 6.45) is 0. The highest BCUT2D eigenvalue weighted by Gasteiger charge is 2.24. The van der Waals surface area contributed by atoms with Gasteiger partial charge >= 0.3 is 7.25 Å². The summed E-state index contributed by atoms with van der Waals surface area (Å²) in [5.41, 5.74) is 8.75. The first kappa shape index (κ1) is 26.5. The maximum Gasteiger partial charge on any atom is 0.673 e. The van der Waals surface area contributed by atoms with Crippen molar-refractivity contribution in [2.24, 2.45) is 5.10 Å². The maximum atomic E-state index is 9.75. The lowest BCUT2D eigenvalue weighted by Gasteiger charge is -2.09. The minimum absolute atomic E-state index is 0.961. The Morgan fingerprint density at radius 1 is 0.526 bits per heavy atom. The Morgan fingerprint density at radius 3 is 1.26 bits per heavy atom. The van der Waals surface area contributed by atoms with E-state index in [0.29, 0.717) is 0 Å². The molecule has 0 aliphatic rings. The molecule has 0 atom stereocenters. The summed E-state index contributed by atoms with van der Waals surface area (Å²) in [4.78, 5) is 0. The van der Waals surface area contributed by atoms with Crippen molar-refractivity contribution in [3.63, 3.8) is 0 Å². The van der Waals surface area contributed by atoms with Gasteiger partial charge in [-0.3, -0.25) is 0 Å². The van der Waals surface area contributed by atoms with E-state index in [9.17, 15) is 17.3 Å². The topological polar surface area (TPSA) is 16.2 Å². The van der Waals surface area contributed by atoms with E-state index in [1.54, 1.807) is 0 Å². The zero-order chi connectivity index (χ0) is 27.0. The van der Waals surface area contributed by atoms with E-state index in [1.807, 2.05) is 30.3 Å². The monoisotopic (exact) mass is 512 g/mol. The molecule has 4 aromatic carbocycles. The van der Waals surface area contributed by atoms with Gasteiger partial charge in [0.15, 0.2) is 0 Å². The SMILES string of the molecule is C/C(=N\[n+]1c(-c2ccccc2)cc(-c2ccccc2)cc1-c1ccccc1)c1ccccc1.F[B-](F)(F)F. The molecule has 0 bridgehead atoms. The normalized spacial score (nSPS) is 11.4. The molecule has 0 radical (unpaired) electrons. The molecular formula is C31H25BF4N2. The second kappa shape index (κ2) is 12.1. The minimum Gasteiger partial charge on any atom is -0.418 e. The van der Waals surface area contributed by atoms with E-state index < -0.39 is 7.25 Å². The molecule has 0 saturated carbocycles. The van der Waals surface area contributed by atoms with E-state index in [0.717, 1.165) is 39.4 Å². The molecule has 0 amide bonds. The number of benzene rings is 4. The van der Waals surface area contributed by atoms with E-state index in [1.165, 1.54) is 5.56 Å². The van der Waals surface area contributed by atoms with Crippen LogP contribution in [0.4, 0.5) is 17.3 Å². The number of pyridine rings is 1. The molecule has 0 saturated heterocycles. The van der Waals surface area contributed by atoms with Crippen LogP contribution in [0.15, 0.2) is 139 Å². The minimum atomic E-state index is -6.00. The summed E-state index contributed by atoms with van der Waals surface area (Å²) in [6, 6.07) is 46.3. The first-order chi connectivity index (χ1) is 18.3. The molecule has 38 heavy (non-hydrogen) atoms. The Bertz CT molecular complexity index is 1420. The van der Waals surface area contributed by atoms with Gasteiger partial charge in [-0.1, -0.05) is 97.1 Å². The first-order valence-corrected chi connectivity index (χ1v) is 12.0. The molecule has 0 N–H and O–H groups in total. The molecule has 0 aliphatic carbocycles. The molecule has 190 valence electrons. The summed E-state index contributed by atoms with van der Waals surface area (Å²) >= 11 is 0. The van der Waals surface area contributed by atoms with Crippen molar-refractivity contribution in [1.82, 2.24) is 0 Å². The van der Waals surface area contributed by atoms with Crippen molar-refractivity contribution < 1.29 is 21.9 Å². The second-order valence-corrected chi connectivity index (χ2v) is 8.47. The molecule has 0 spiro atoms. The number of aromatic nitrogens is 1. The van der Waals surface area contributed by atoms with Crippen LogP contribution in [0.1, 0.15) is 12.5 Å². The summed E-state index contributed by atoms with van der Waals surface area (Å²) in [6.45, 7) is 2.07. The summed E-state index contributed by atoms with van der Waals surface area (Å²) in [5, 5.41) is 5.15. The number of halogens is 4. The number of rotatable bonds is 5. The van der Waals surface area contributed by atoms with Crippen LogP contribution < -0.4 is 4.68 Å². The first-order valence-electron chi connectivity index (χ1n) is 12.0. The van der Waals surface area contributed by atoms with Crippen molar-refractivity contribution >= 4 is 13.0 Å². The lowest BCUT2D eigenvalue weighted by atomic mass is 9.99. The third-order valence-electron chi connectivity index (χ3n) is 5.73. The van der Waals surface area contributed by atoms with Gasteiger partial charge in [-0.25, -0.2) is 0 Å². The molecule has 2 nitrogen and oxygen atoms in total. The quantitative estimate of drug-likeness (QED) is 0.0971. The molecule has 0 aliphatic heterocycles. The average Bonchev–Trinajstić information content (AvgIpc) is 2.94. The van der Waals surface area contributed by atoms with Gasteiger partial charge in [0.25, 0.3) is 0 Å². The van der Waals surface area contributed by atoms with Gasteiger partial charge in [-0.15, -0.1) is 0 Å². The Morgan fingerprint density at radius 2 is 0.868 bits per heavy atom. The van der Waals surface area contributed by atoms with Crippen molar-refractivity contribution in [1.29, 1.82) is 0 Å². The van der Waals surface area contributed by atoms with Gasteiger partial charge in [-0.05, 0) is 47.0 Å². The van der Waals surface area contributed by atoms with E-state index in [-0.39, 0.29) is 0 Å². The Labute approximate surface area is 219 Å². The van der Waals surface area contributed by atoms with Crippen molar-refractivity contribution in [2.45, 2.75) is 6.92 Å². The zero-order valence-electron chi connectivity index (χ0n) is 20.7. The fourth-order valence-electron chi connectivity index (χ4n) is 4.01. The van der Waals surface area contributed by atoms with Crippen LogP contribution in [-0.4, -0.2) is 13.0 Å². The smallest absolute Gasteiger partial charge is 0.418 e. The van der Waals surface area contributed by atoms with E-state index >= 15 is 0 Å². The van der Waals surface area contributed by atoms with Crippen LogP contribution in [0.5, 0.6) is 0 Å².